The third-order valence-corrected chi connectivity index (χ3v) is 9.27. The Bertz CT molecular complexity index is 2430. The minimum absolute atomic E-state index is 0.268. The Morgan fingerprint density at radius 2 is 1.55 bits per heavy atom. The van der Waals surface area contributed by atoms with E-state index in [9.17, 15) is 4.79 Å². The zero-order valence-electron chi connectivity index (χ0n) is 25.6. The summed E-state index contributed by atoms with van der Waals surface area (Å²) in [5, 5.41) is 7.08. The summed E-state index contributed by atoms with van der Waals surface area (Å²) in [6, 6.07) is 31.0. The van der Waals surface area contributed by atoms with Gasteiger partial charge in [0, 0.05) is 34.2 Å². The largest absolute Gasteiger partial charge is 0.493 e. The number of pyridine rings is 1. The molecule has 8 rings (SSSR count). The fourth-order valence-electron chi connectivity index (χ4n) is 6.00. The fraction of sp³-hybridized carbons (Fsp3) is 0.0811. The Morgan fingerprint density at radius 1 is 0.787 bits per heavy atom. The zero-order chi connectivity index (χ0) is 32.1. The lowest BCUT2D eigenvalue weighted by Gasteiger charge is -2.16. The lowest BCUT2D eigenvalue weighted by Crippen LogP contribution is -2.14. The molecule has 0 aliphatic heterocycles. The molecule has 0 aliphatic carbocycles. The van der Waals surface area contributed by atoms with Gasteiger partial charge in [0.05, 0.1) is 48.1 Å². The first-order valence-electron chi connectivity index (χ1n) is 14.7. The molecule has 0 saturated carbocycles. The number of methoxy groups -OCH3 is 3. The first-order chi connectivity index (χ1) is 23.1. The highest BCUT2D eigenvalue weighted by Crippen LogP contribution is 2.42. The highest BCUT2D eigenvalue weighted by molar-refractivity contribution is 7.21. The molecule has 4 aromatic carbocycles. The second kappa shape index (κ2) is 11.4. The Morgan fingerprint density at radius 3 is 2.34 bits per heavy atom. The number of para-hydroxylation sites is 2. The van der Waals surface area contributed by atoms with E-state index < -0.39 is 0 Å². The number of rotatable bonds is 7. The molecule has 0 N–H and O–H groups in total. The molecule has 230 valence electrons. The summed E-state index contributed by atoms with van der Waals surface area (Å²) in [7, 11) is 4.54. The van der Waals surface area contributed by atoms with Crippen molar-refractivity contribution < 1.29 is 23.5 Å². The number of benzene rings is 4. The number of aromatic nitrogens is 4. The smallest absolute Gasteiger partial charge is 0.266 e. The molecule has 0 fully saturated rings. The monoisotopic (exact) mass is 638 g/mol. The van der Waals surface area contributed by atoms with Gasteiger partial charge in [-0.05, 0) is 36.4 Å². The number of thiazole rings is 1. The number of hydrogen-bond acceptors (Lipinski definition) is 9. The summed E-state index contributed by atoms with van der Waals surface area (Å²) in [5.41, 5.74) is 5.62. The van der Waals surface area contributed by atoms with Crippen molar-refractivity contribution in [1.82, 2.24) is 19.7 Å². The van der Waals surface area contributed by atoms with Crippen LogP contribution in [0.25, 0.3) is 65.3 Å². The van der Waals surface area contributed by atoms with Gasteiger partial charge in [-0.15, -0.1) is 11.3 Å². The van der Waals surface area contributed by atoms with Gasteiger partial charge in [-0.2, -0.15) is 0 Å². The molecule has 0 atom stereocenters. The molecule has 4 aromatic heterocycles. The third kappa shape index (κ3) is 4.60. The van der Waals surface area contributed by atoms with Crippen molar-refractivity contribution >= 4 is 49.3 Å². The minimum atomic E-state index is -0.326. The normalized spacial score (nSPS) is 11.4. The lowest BCUT2D eigenvalue weighted by atomic mass is 10.1. The Kier molecular flexibility index (Phi) is 6.92. The van der Waals surface area contributed by atoms with Crippen LogP contribution in [-0.4, -0.2) is 46.9 Å². The van der Waals surface area contributed by atoms with Crippen molar-refractivity contribution in [2.45, 2.75) is 0 Å². The van der Waals surface area contributed by atoms with Crippen LogP contribution in [0.5, 0.6) is 17.2 Å². The highest BCUT2D eigenvalue weighted by Gasteiger charge is 2.27. The van der Waals surface area contributed by atoms with E-state index in [0.29, 0.717) is 45.2 Å². The van der Waals surface area contributed by atoms with Crippen molar-refractivity contribution in [2.24, 2.45) is 0 Å². The quantitative estimate of drug-likeness (QED) is 0.171. The third-order valence-electron chi connectivity index (χ3n) is 8.19. The molecule has 0 aliphatic rings. The molecule has 0 bridgehead atoms. The van der Waals surface area contributed by atoms with Crippen LogP contribution in [0, 0.1) is 0 Å². The number of carbonyl (C=O) groups is 1. The minimum Gasteiger partial charge on any atom is -0.493 e. The summed E-state index contributed by atoms with van der Waals surface area (Å²) < 4.78 is 25.4. The second-order valence-corrected chi connectivity index (χ2v) is 11.8. The van der Waals surface area contributed by atoms with Crippen LogP contribution in [0.15, 0.2) is 108 Å². The van der Waals surface area contributed by atoms with Crippen molar-refractivity contribution in [3.8, 4) is 50.5 Å². The van der Waals surface area contributed by atoms with Gasteiger partial charge in [0.2, 0.25) is 5.75 Å². The zero-order valence-corrected chi connectivity index (χ0v) is 26.4. The first-order valence-corrected chi connectivity index (χ1v) is 15.6. The van der Waals surface area contributed by atoms with E-state index in [1.807, 2.05) is 78.9 Å². The molecule has 0 saturated heterocycles. The Labute approximate surface area is 272 Å². The van der Waals surface area contributed by atoms with Gasteiger partial charge in [-0.1, -0.05) is 59.8 Å². The average molecular weight is 639 g/mol. The molecule has 8 aromatic rings. The first kappa shape index (κ1) is 28.5. The van der Waals surface area contributed by atoms with Crippen LogP contribution in [0.2, 0.25) is 0 Å². The summed E-state index contributed by atoms with van der Waals surface area (Å²) in [4.78, 5) is 24.0. The van der Waals surface area contributed by atoms with Gasteiger partial charge >= 0.3 is 0 Å². The topological polar surface area (TPSA) is 102 Å². The maximum atomic E-state index is 14.5. The van der Waals surface area contributed by atoms with E-state index in [4.69, 9.17) is 28.7 Å². The summed E-state index contributed by atoms with van der Waals surface area (Å²) in [6.45, 7) is 0. The van der Waals surface area contributed by atoms with Gasteiger partial charge in [-0.3, -0.25) is 14.3 Å². The Balaban J connectivity index is 1.23. The highest BCUT2D eigenvalue weighted by atomic mass is 32.1. The number of ether oxygens (including phenoxy) is 3. The van der Waals surface area contributed by atoms with E-state index in [0.717, 1.165) is 37.1 Å². The molecule has 10 heteroatoms. The molecular weight excluding hydrogens is 612 g/mol. The van der Waals surface area contributed by atoms with Crippen molar-refractivity contribution in [3.63, 3.8) is 0 Å². The number of fused-ring (bicyclic) bond motifs is 4. The summed E-state index contributed by atoms with van der Waals surface area (Å²) in [6.07, 6.45) is 1.71. The molecule has 9 nitrogen and oxygen atoms in total. The van der Waals surface area contributed by atoms with E-state index in [1.54, 1.807) is 34.2 Å². The molecule has 0 amide bonds. The van der Waals surface area contributed by atoms with Crippen LogP contribution < -0.4 is 14.2 Å². The molecule has 0 radical (unpaired) electrons. The van der Waals surface area contributed by atoms with E-state index in [2.05, 4.69) is 11.2 Å². The maximum absolute atomic E-state index is 14.5. The predicted molar refractivity (Wildman–Crippen MR) is 183 cm³/mol. The van der Waals surface area contributed by atoms with Crippen LogP contribution in [0.1, 0.15) is 10.4 Å². The summed E-state index contributed by atoms with van der Waals surface area (Å²) >= 11 is 1.66. The fourth-order valence-corrected chi connectivity index (χ4v) is 6.97. The van der Waals surface area contributed by atoms with E-state index >= 15 is 0 Å². The molecule has 4 heterocycles. The average Bonchev–Trinajstić information content (AvgIpc) is 3.87. The maximum Gasteiger partial charge on any atom is 0.266 e. The number of hydrogen-bond donors (Lipinski definition) is 0. The van der Waals surface area contributed by atoms with Gasteiger partial charge in [0.1, 0.15) is 16.4 Å². The second-order valence-electron chi connectivity index (χ2n) is 10.7. The lowest BCUT2D eigenvalue weighted by molar-refractivity contribution is 0.0965. The van der Waals surface area contributed by atoms with E-state index in [1.165, 1.54) is 21.3 Å². The van der Waals surface area contributed by atoms with Crippen LogP contribution in [0.4, 0.5) is 0 Å². The molecular formula is C37H26N4O5S. The van der Waals surface area contributed by atoms with Gasteiger partial charge in [-0.25, -0.2) is 4.98 Å². The number of nitrogens with zero attached hydrogens (tertiary/aromatic N) is 4. The van der Waals surface area contributed by atoms with Crippen LogP contribution in [-0.2, 0) is 0 Å². The van der Waals surface area contributed by atoms with Gasteiger partial charge < -0.3 is 18.7 Å². The van der Waals surface area contributed by atoms with Gasteiger partial charge in [0.25, 0.3) is 5.91 Å². The number of carbonyl (C=O) groups excluding carboxylic acids is 1. The van der Waals surface area contributed by atoms with Gasteiger partial charge in [0.15, 0.2) is 17.3 Å². The van der Waals surface area contributed by atoms with Crippen LogP contribution >= 0.6 is 11.3 Å². The van der Waals surface area contributed by atoms with E-state index in [-0.39, 0.29) is 11.7 Å². The van der Waals surface area contributed by atoms with Crippen molar-refractivity contribution in [2.75, 3.05) is 21.3 Å². The standard InChI is InChI=1S/C37H26N4O5S/c1-43-29-17-16-25(34(44-2)35(29)45-3)37(42)41-28-10-6-4-8-23(28)24-18-19-38-32(33(24)41)30-20-27(40-46-30)21-12-14-22(15-13-21)36-39-26-9-5-7-11-31(26)47-36/h4-20H,1-3H3. The van der Waals surface area contributed by atoms with Crippen LogP contribution in [0.3, 0.4) is 0 Å². The van der Waals surface area contributed by atoms with Crippen molar-refractivity contribution in [1.29, 1.82) is 0 Å². The molecule has 0 spiro atoms. The van der Waals surface area contributed by atoms with Crippen molar-refractivity contribution in [3.05, 3.63) is 109 Å². The summed E-state index contributed by atoms with van der Waals surface area (Å²) in [5.74, 6) is 1.15. The predicted octanol–water partition coefficient (Wildman–Crippen LogP) is 8.50. The molecule has 47 heavy (non-hydrogen) atoms. The SMILES string of the molecule is COc1ccc(C(=O)n2c3ccccc3c3ccnc(-c4cc(-c5ccc(-c6nc7ccccc7s6)cc5)no4)c32)c(OC)c1OC. The molecule has 0 unspecified atom stereocenters. The Hall–Kier alpha value is -6.00.